The minimum Gasteiger partial charge on any atom is -0.460 e. The Bertz CT molecular complexity index is 730. The molecule has 0 aliphatic carbocycles. The van der Waals surface area contributed by atoms with Gasteiger partial charge >= 0.3 is 5.97 Å². The van der Waals surface area contributed by atoms with Gasteiger partial charge in [-0.3, -0.25) is 14.4 Å². The number of nitrogens with zero attached hydrogens (tertiary/aromatic N) is 1. The van der Waals surface area contributed by atoms with Crippen LogP contribution in [0.5, 0.6) is 0 Å². The Kier molecular flexibility index (Phi) is 5.51. The lowest BCUT2D eigenvalue weighted by molar-refractivity contribution is -0.155. The van der Waals surface area contributed by atoms with Crippen LogP contribution in [0.2, 0.25) is 0 Å². The Balaban J connectivity index is 2.14. The molecule has 8 heteroatoms. The van der Waals surface area contributed by atoms with Crippen molar-refractivity contribution < 1.29 is 23.5 Å². The highest BCUT2D eigenvalue weighted by Gasteiger charge is 2.38. The topological polar surface area (TPSA) is 89.7 Å². The van der Waals surface area contributed by atoms with E-state index in [1.54, 1.807) is 26.8 Å². The lowest BCUT2D eigenvalue weighted by Gasteiger charge is -2.25. The molecule has 2 amide bonds. The molecule has 1 atom stereocenters. The number of nitrogens with two attached hydrogens (primary N) is 1. The fraction of sp³-hybridized carbons (Fsp3) is 0.471. The Morgan fingerprint density at radius 3 is 2.60 bits per heavy atom. The summed E-state index contributed by atoms with van der Waals surface area (Å²) in [5, 5.41) is 0. The van der Waals surface area contributed by atoms with Crippen molar-refractivity contribution in [1.29, 1.82) is 0 Å². The van der Waals surface area contributed by atoms with E-state index in [0.29, 0.717) is 5.56 Å². The number of carbonyl (C=O) groups excluding carboxylic acids is 3. The van der Waals surface area contributed by atoms with E-state index in [0.717, 1.165) is 0 Å². The Morgan fingerprint density at radius 1 is 1.40 bits per heavy atom. The second-order valence-electron chi connectivity index (χ2n) is 6.87. The average Bonchev–Trinajstić information content (AvgIpc) is 2.79. The summed E-state index contributed by atoms with van der Waals surface area (Å²) < 4.78 is 19.6. The van der Waals surface area contributed by atoms with Crippen LogP contribution in [0.15, 0.2) is 16.6 Å². The van der Waals surface area contributed by atoms with E-state index in [1.165, 1.54) is 11.0 Å². The highest BCUT2D eigenvalue weighted by atomic mass is 79.9. The molecule has 1 aliphatic rings. The highest BCUT2D eigenvalue weighted by molar-refractivity contribution is 9.10. The van der Waals surface area contributed by atoms with Gasteiger partial charge < -0.3 is 15.4 Å². The van der Waals surface area contributed by atoms with Gasteiger partial charge in [0, 0.05) is 13.0 Å². The maximum atomic E-state index is 14.2. The summed E-state index contributed by atoms with van der Waals surface area (Å²) in [6, 6.07) is 2.11. The molecule has 1 unspecified atom stereocenters. The maximum absolute atomic E-state index is 14.2. The van der Waals surface area contributed by atoms with Gasteiger partial charge in [0.25, 0.3) is 5.91 Å². The molecule has 1 aromatic rings. The number of amides is 2. The summed E-state index contributed by atoms with van der Waals surface area (Å²) in [5.74, 6) is -2.51. The quantitative estimate of drug-likeness (QED) is 0.749. The first kappa shape index (κ1) is 19.4. The lowest BCUT2D eigenvalue weighted by atomic mass is 10.1. The van der Waals surface area contributed by atoms with Crippen molar-refractivity contribution in [2.45, 2.75) is 51.8 Å². The number of hydrogen-bond acceptors (Lipinski definition) is 4. The van der Waals surface area contributed by atoms with Crippen molar-refractivity contribution in [2.24, 2.45) is 5.73 Å². The van der Waals surface area contributed by atoms with Crippen LogP contribution in [0, 0.1) is 5.82 Å². The molecule has 1 heterocycles. The molecule has 1 aromatic carbocycles. The van der Waals surface area contributed by atoms with E-state index in [9.17, 15) is 18.8 Å². The van der Waals surface area contributed by atoms with Crippen LogP contribution in [0.25, 0.3) is 0 Å². The SMILES string of the molecule is CC(C)(C)OC(=O)CCC(C(N)=O)N1Cc2ccc(Br)c(F)c2C1=O. The van der Waals surface area contributed by atoms with E-state index in [1.807, 2.05) is 0 Å². The van der Waals surface area contributed by atoms with Crippen molar-refractivity contribution in [3.05, 3.63) is 33.5 Å². The number of primary amides is 1. The predicted octanol–water partition coefficient (Wildman–Crippen LogP) is 2.52. The first-order valence-electron chi connectivity index (χ1n) is 7.80. The van der Waals surface area contributed by atoms with Crippen molar-refractivity contribution in [3.8, 4) is 0 Å². The highest BCUT2D eigenvalue weighted by Crippen LogP contribution is 2.31. The monoisotopic (exact) mass is 414 g/mol. The van der Waals surface area contributed by atoms with E-state index < -0.39 is 35.2 Å². The lowest BCUT2D eigenvalue weighted by Crippen LogP contribution is -2.45. The van der Waals surface area contributed by atoms with Crippen LogP contribution in [0.3, 0.4) is 0 Å². The van der Waals surface area contributed by atoms with Crippen LogP contribution in [0.1, 0.15) is 49.5 Å². The van der Waals surface area contributed by atoms with Gasteiger partial charge in [-0.1, -0.05) is 6.07 Å². The normalized spacial score (nSPS) is 15.1. The molecule has 1 aliphatic heterocycles. The van der Waals surface area contributed by atoms with Crippen LogP contribution < -0.4 is 5.73 Å². The fourth-order valence-corrected chi connectivity index (χ4v) is 3.03. The molecular weight excluding hydrogens is 395 g/mol. The second-order valence-corrected chi connectivity index (χ2v) is 7.73. The summed E-state index contributed by atoms with van der Waals surface area (Å²) in [6.45, 7) is 5.27. The number of ether oxygens (including phenoxy) is 1. The molecule has 0 aromatic heterocycles. The van der Waals surface area contributed by atoms with Crippen molar-refractivity contribution >= 4 is 33.7 Å². The van der Waals surface area contributed by atoms with Gasteiger partial charge in [-0.15, -0.1) is 0 Å². The standard InChI is InChI=1S/C17H20BrFN2O4/c1-17(2,3)25-12(22)7-6-11(15(20)23)21-8-9-4-5-10(18)14(19)13(9)16(21)24/h4-5,11H,6-8H2,1-3H3,(H2,20,23). The van der Waals surface area contributed by atoms with Crippen molar-refractivity contribution in [1.82, 2.24) is 4.90 Å². The van der Waals surface area contributed by atoms with Crippen LogP contribution in [-0.4, -0.2) is 34.3 Å². The molecule has 6 nitrogen and oxygen atoms in total. The minimum atomic E-state index is -1.01. The maximum Gasteiger partial charge on any atom is 0.306 e. The molecular formula is C17H20BrFN2O4. The number of esters is 1. The first-order chi connectivity index (χ1) is 11.5. The number of rotatable bonds is 5. The molecule has 2 N–H and O–H groups in total. The predicted molar refractivity (Wildman–Crippen MR) is 92.0 cm³/mol. The van der Waals surface area contributed by atoms with Crippen LogP contribution >= 0.6 is 15.9 Å². The van der Waals surface area contributed by atoms with Gasteiger partial charge in [0.1, 0.15) is 17.5 Å². The van der Waals surface area contributed by atoms with E-state index in [-0.39, 0.29) is 29.4 Å². The molecule has 0 bridgehead atoms. The Hall–Kier alpha value is -1.96. The number of hydrogen-bond donors (Lipinski definition) is 1. The van der Waals surface area contributed by atoms with Gasteiger partial charge in [-0.25, -0.2) is 4.39 Å². The third-order valence-corrected chi connectivity index (χ3v) is 4.36. The number of carbonyl (C=O) groups is 3. The van der Waals surface area contributed by atoms with Crippen molar-refractivity contribution in [3.63, 3.8) is 0 Å². The van der Waals surface area contributed by atoms with Gasteiger partial charge in [-0.2, -0.15) is 0 Å². The molecule has 0 fully saturated rings. The molecule has 0 saturated carbocycles. The first-order valence-corrected chi connectivity index (χ1v) is 8.59. The zero-order chi connectivity index (χ0) is 18.9. The van der Waals surface area contributed by atoms with Gasteiger partial charge in [0.05, 0.1) is 10.0 Å². The van der Waals surface area contributed by atoms with Gasteiger partial charge in [0.2, 0.25) is 5.91 Å². The fourth-order valence-electron chi connectivity index (χ4n) is 2.70. The van der Waals surface area contributed by atoms with Crippen molar-refractivity contribution in [2.75, 3.05) is 0 Å². The van der Waals surface area contributed by atoms with E-state index >= 15 is 0 Å². The van der Waals surface area contributed by atoms with E-state index in [2.05, 4.69) is 15.9 Å². The summed E-state index contributed by atoms with van der Waals surface area (Å²) in [5.41, 5.74) is 5.17. The smallest absolute Gasteiger partial charge is 0.306 e. The summed E-state index contributed by atoms with van der Waals surface area (Å²) in [7, 11) is 0. The van der Waals surface area contributed by atoms with Crippen LogP contribution in [-0.2, 0) is 20.9 Å². The third-order valence-electron chi connectivity index (χ3n) is 3.74. The number of halogens is 2. The third kappa shape index (κ3) is 4.36. The Morgan fingerprint density at radius 2 is 2.04 bits per heavy atom. The largest absolute Gasteiger partial charge is 0.460 e. The average molecular weight is 415 g/mol. The zero-order valence-corrected chi connectivity index (χ0v) is 15.9. The molecule has 0 radical (unpaired) electrons. The molecule has 0 spiro atoms. The van der Waals surface area contributed by atoms with Gasteiger partial charge in [-0.05, 0) is 54.8 Å². The summed E-state index contributed by atoms with van der Waals surface area (Å²) in [4.78, 5) is 37.4. The molecule has 2 rings (SSSR count). The van der Waals surface area contributed by atoms with Crippen LogP contribution in [0.4, 0.5) is 4.39 Å². The summed E-state index contributed by atoms with van der Waals surface area (Å²) in [6.07, 6.45) is -0.0516. The number of benzene rings is 1. The minimum absolute atomic E-state index is 0.0206. The molecule has 25 heavy (non-hydrogen) atoms. The summed E-state index contributed by atoms with van der Waals surface area (Å²) >= 11 is 3.04. The molecule has 136 valence electrons. The second kappa shape index (κ2) is 7.11. The molecule has 0 saturated heterocycles. The van der Waals surface area contributed by atoms with E-state index in [4.69, 9.17) is 10.5 Å². The van der Waals surface area contributed by atoms with Gasteiger partial charge in [0.15, 0.2) is 0 Å². The zero-order valence-electron chi connectivity index (χ0n) is 14.3. The Labute approximate surface area is 153 Å². The number of fused-ring (bicyclic) bond motifs is 1.